The van der Waals surface area contributed by atoms with E-state index < -0.39 is 23.5 Å². The Morgan fingerprint density at radius 2 is 1.62 bits per heavy atom. The molecule has 32 heavy (non-hydrogen) atoms. The highest BCUT2D eigenvalue weighted by atomic mass is 19.4. The lowest BCUT2D eigenvalue weighted by Crippen LogP contribution is -2.53. The molecule has 0 unspecified atom stereocenters. The maximum atomic E-state index is 13.0. The smallest absolute Gasteiger partial charge is 0.369 e. The summed E-state index contributed by atoms with van der Waals surface area (Å²) in [6.45, 7) is 2.68. The van der Waals surface area contributed by atoms with E-state index in [1.807, 2.05) is 25.1 Å². The largest absolute Gasteiger partial charge is 0.430 e. The molecule has 11 heteroatoms. The fourth-order valence-corrected chi connectivity index (χ4v) is 3.20. The Morgan fingerprint density at radius 1 is 0.969 bits per heavy atom. The van der Waals surface area contributed by atoms with Crippen molar-refractivity contribution >= 4 is 0 Å². The summed E-state index contributed by atoms with van der Waals surface area (Å²) in [5, 5.41) is 19.9. The average Bonchev–Trinajstić information content (AvgIpc) is 3.25. The van der Waals surface area contributed by atoms with Gasteiger partial charge in [-0.05, 0) is 47.8 Å². The van der Waals surface area contributed by atoms with E-state index in [1.165, 1.54) is 6.20 Å². The summed E-state index contributed by atoms with van der Waals surface area (Å²) in [5.41, 5.74) is -2.21. The number of aliphatic hydroxyl groups is 1. The van der Waals surface area contributed by atoms with Crippen molar-refractivity contribution in [3.63, 3.8) is 0 Å². The summed E-state index contributed by atoms with van der Waals surface area (Å²) in [6, 6.07) is 9.27. The van der Waals surface area contributed by atoms with Crippen molar-refractivity contribution in [3.8, 4) is 11.3 Å². The van der Waals surface area contributed by atoms with Gasteiger partial charge >= 0.3 is 12.4 Å². The highest BCUT2D eigenvalue weighted by Crippen LogP contribution is 2.49. The Hall–Kier alpha value is -2.92. The molecule has 0 saturated carbocycles. The Labute approximate surface area is 179 Å². The number of aryl methyl sites for hydroxylation is 1. The minimum Gasteiger partial charge on any atom is -0.369 e. The summed E-state index contributed by atoms with van der Waals surface area (Å²) in [5.74, 6) is 0. The number of hydrogen-bond acceptors (Lipinski definition) is 5. The van der Waals surface area contributed by atoms with Gasteiger partial charge in [-0.2, -0.15) is 26.3 Å². The Balaban J connectivity index is 1.62. The van der Waals surface area contributed by atoms with E-state index in [-0.39, 0.29) is 6.54 Å². The molecule has 0 saturated heterocycles. The van der Waals surface area contributed by atoms with E-state index >= 15 is 0 Å². The maximum Gasteiger partial charge on any atom is 0.430 e. The number of hydrogen-bond donors (Lipinski definition) is 2. The first-order chi connectivity index (χ1) is 14.9. The van der Waals surface area contributed by atoms with E-state index in [1.54, 1.807) is 0 Å². The van der Waals surface area contributed by atoms with Crippen LogP contribution < -0.4 is 5.32 Å². The summed E-state index contributed by atoms with van der Waals surface area (Å²) < 4.78 is 82.3. The number of aromatic nitrogens is 2. The van der Waals surface area contributed by atoms with Gasteiger partial charge in [0.25, 0.3) is 5.60 Å². The van der Waals surface area contributed by atoms with Crippen LogP contribution >= 0.6 is 0 Å². The lowest BCUT2D eigenvalue weighted by atomic mass is 9.91. The van der Waals surface area contributed by atoms with Crippen LogP contribution in [0.2, 0.25) is 0 Å². The molecule has 0 aliphatic rings. The lowest BCUT2D eigenvalue weighted by Gasteiger charge is -2.32. The van der Waals surface area contributed by atoms with Gasteiger partial charge in [0.1, 0.15) is 5.69 Å². The van der Waals surface area contributed by atoms with E-state index in [4.69, 9.17) is 0 Å². The fraction of sp³-hybridized carbons (Fsp3) is 0.333. The first-order valence-corrected chi connectivity index (χ1v) is 9.47. The van der Waals surface area contributed by atoms with Gasteiger partial charge in [0.05, 0.1) is 6.20 Å². The van der Waals surface area contributed by atoms with Crippen LogP contribution in [0.25, 0.3) is 11.3 Å². The van der Waals surface area contributed by atoms with Crippen molar-refractivity contribution in [2.45, 2.75) is 37.8 Å². The van der Waals surface area contributed by atoms with Crippen LogP contribution in [0.4, 0.5) is 26.3 Å². The van der Waals surface area contributed by atoms with Crippen LogP contribution in [0.1, 0.15) is 22.3 Å². The lowest BCUT2D eigenvalue weighted by molar-refractivity contribution is -0.376. The molecule has 0 spiro atoms. The average molecular weight is 459 g/mol. The molecule has 0 amide bonds. The zero-order chi connectivity index (χ0) is 23.6. The standard InChI is InChI=1S/C21H19F6N3O2/c1-13-2-5-16(18-12-29-32-30-18)10-15(13)8-9-28-11-14-3-6-17(7-4-14)19(31,20(22,23)24)21(25,26)27/h2-7,10,12,28,31H,8-9,11H2,1H3. The molecule has 0 aliphatic heterocycles. The van der Waals surface area contributed by atoms with Crippen LogP contribution in [-0.2, 0) is 18.6 Å². The highest BCUT2D eigenvalue weighted by molar-refractivity contribution is 5.59. The molecule has 1 aromatic heterocycles. The van der Waals surface area contributed by atoms with Crippen LogP contribution in [0.3, 0.4) is 0 Å². The minimum atomic E-state index is -5.90. The molecular formula is C21H19F6N3O2. The van der Waals surface area contributed by atoms with Crippen molar-refractivity contribution in [3.05, 3.63) is 70.9 Å². The second kappa shape index (κ2) is 8.91. The third-order valence-corrected chi connectivity index (χ3v) is 5.10. The van der Waals surface area contributed by atoms with Crippen LogP contribution in [0.15, 0.2) is 53.3 Å². The number of benzene rings is 2. The normalized spacial score (nSPS) is 12.9. The zero-order valence-corrected chi connectivity index (χ0v) is 16.8. The third kappa shape index (κ3) is 4.78. The van der Waals surface area contributed by atoms with Crippen LogP contribution in [-0.4, -0.2) is 34.3 Å². The molecule has 0 fully saturated rings. The second-order valence-electron chi connectivity index (χ2n) is 7.26. The topological polar surface area (TPSA) is 71.2 Å². The van der Waals surface area contributed by atoms with Gasteiger partial charge in [-0.1, -0.05) is 41.6 Å². The number of nitrogens with one attached hydrogen (secondary N) is 1. The molecule has 172 valence electrons. The Morgan fingerprint density at radius 3 is 2.19 bits per heavy atom. The van der Waals surface area contributed by atoms with Gasteiger partial charge in [-0.25, -0.2) is 4.63 Å². The van der Waals surface area contributed by atoms with Gasteiger partial charge in [0.15, 0.2) is 0 Å². The molecule has 3 rings (SSSR count). The molecule has 1 heterocycles. The quantitative estimate of drug-likeness (QED) is 0.396. The van der Waals surface area contributed by atoms with Gasteiger partial charge in [0.2, 0.25) is 0 Å². The van der Waals surface area contributed by atoms with Gasteiger partial charge in [-0.3, -0.25) is 0 Å². The maximum absolute atomic E-state index is 13.0. The molecule has 2 N–H and O–H groups in total. The van der Waals surface area contributed by atoms with Crippen LogP contribution in [0, 0.1) is 6.92 Å². The van der Waals surface area contributed by atoms with Crippen molar-refractivity contribution in [2.75, 3.05) is 6.54 Å². The van der Waals surface area contributed by atoms with Crippen molar-refractivity contribution in [2.24, 2.45) is 0 Å². The van der Waals surface area contributed by atoms with E-state index in [9.17, 15) is 31.4 Å². The van der Waals surface area contributed by atoms with Gasteiger partial charge in [0, 0.05) is 17.7 Å². The molecule has 3 aromatic rings. The summed E-state index contributed by atoms with van der Waals surface area (Å²) in [4.78, 5) is 0. The molecule has 0 bridgehead atoms. The molecule has 2 aromatic carbocycles. The Kier molecular flexibility index (Phi) is 6.61. The summed E-state index contributed by atoms with van der Waals surface area (Å²) in [6.07, 6.45) is -9.68. The molecule has 0 aliphatic carbocycles. The van der Waals surface area contributed by atoms with Crippen molar-refractivity contribution in [1.29, 1.82) is 0 Å². The molecular weight excluding hydrogens is 440 g/mol. The molecule has 0 atom stereocenters. The number of rotatable bonds is 7. The third-order valence-electron chi connectivity index (χ3n) is 5.10. The monoisotopic (exact) mass is 459 g/mol. The van der Waals surface area contributed by atoms with Crippen LogP contribution in [0.5, 0.6) is 0 Å². The first kappa shape index (κ1) is 23.7. The second-order valence-corrected chi connectivity index (χ2v) is 7.26. The first-order valence-electron chi connectivity index (χ1n) is 9.47. The van der Waals surface area contributed by atoms with Crippen molar-refractivity contribution in [1.82, 2.24) is 15.6 Å². The summed E-state index contributed by atoms with van der Waals surface area (Å²) >= 11 is 0. The predicted molar refractivity (Wildman–Crippen MR) is 102 cm³/mol. The fourth-order valence-electron chi connectivity index (χ4n) is 3.20. The molecule has 5 nitrogen and oxygen atoms in total. The number of alkyl halides is 6. The van der Waals surface area contributed by atoms with Gasteiger partial charge < -0.3 is 10.4 Å². The number of nitrogens with zero attached hydrogens (tertiary/aromatic N) is 2. The van der Waals surface area contributed by atoms with Gasteiger partial charge in [-0.15, -0.1) is 0 Å². The number of halogens is 6. The highest BCUT2D eigenvalue weighted by Gasteiger charge is 2.71. The molecule has 0 radical (unpaired) electrons. The zero-order valence-electron chi connectivity index (χ0n) is 16.8. The minimum absolute atomic E-state index is 0.225. The SMILES string of the molecule is Cc1ccc(-c2cnon2)cc1CCNCc1ccc(C(O)(C(F)(F)F)C(F)(F)F)cc1. The van der Waals surface area contributed by atoms with E-state index in [2.05, 4.69) is 20.3 Å². The predicted octanol–water partition coefficient (Wildman–Crippen LogP) is 4.69. The Bertz CT molecular complexity index is 1020. The van der Waals surface area contributed by atoms with E-state index in [0.29, 0.717) is 36.4 Å². The van der Waals surface area contributed by atoms with Crippen molar-refractivity contribution < 1.29 is 36.1 Å². The van der Waals surface area contributed by atoms with E-state index in [0.717, 1.165) is 28.8 Å². The summed E-state index contributed by atoms with van der Waals surface area (Å²) in [7, 11) is 0.